The lowest BCUT2D eigenvalue weighted by Crippen LogP contribution is -2.37. The Hall–Kier alpha value is -4.11. The number of esters is 1. The number of nitro groups is 1. The van der Waals surface area contributed by atoms with Crippen LogP contribution in [0.3, 0.4) is 0 Å². The molecular weight excluding hydrogens is 663 g/mol. The minimum atomic E-state index is -1.11. The van der Waals surface area contributed by atoms with Crippen LogP contribution < -0.4 is 19.9 Å². The number of nitrogens with one attached hydrogen (secondary N) is 1. The highest BCUT2D eigenvalue weighted by Gasteiger charge is 2.40. The summed E-state index contributed by atoms with van der Waals surface area (Å²) in [5, 5.41) is 15.4. The van der Waals surface area contributed by atoms with Gasteiger partial charge in [-0.2, -0.15) is 4.98 Å². The number of carbonyl (C=O) groups excluding carboxylic acids is 1. The lowest BCUT2D eigenvalue weighted by Gasteiger charge is -2.29. The highest BCUT2D eigenvalue weighted by molar-refractivity contribution is 9.10. The van der Waals surface area contributed by atoms with E-state index in [1.54, 1.807) is 24.8 Å². The molecule has 0 bridgehead atoms. The normalized spacial score (nSPS) is 18.7. The minimum absolute atomic E-state index is 0.0365. The van der Waals surface area contributed by atoms with Crippen LogP contribution in [0, 0.1) is 10.1 Å². The van der Waals surface area contributed by atoms with Crippen molar-refractivity contribution in [3.8, 4) is 5.75 Å². The Kier molecular flexibility index (Phi) is 9.36. The fourth-order valence-electron chi connectivity index (χ4n) is 6.02. The van der Waals surface area contributed by atoms with Crippen LogP contribution >= 0.6 is 15.9 Å². The molecule has 0 saturated carbocycles. The first-order valence-electron chi connectivity index (χ1n) is 14.9. The second-order valence-corrected chi connectivity index (χ2v) is 13.5. The average molecular weight is 702 g/mol. The van der Waals surface area contributed by atoms with Gasteiger partial charge in [-0.15, -0.1) is 0 Å². The molecule has 2 atom stereocenters. The van der Waals surface area contributed by atoms with Gasteiger partial charge in [0.1, 0.15) is 27.8 Å². The SMILES string of the molecule is COc1cc(N2C[C@@H](F)C[C@@H]2CN(C)C)c([N+](=O)[O-])cc1Nc1ncc(C(=O)OC(C)C)c(N2CC(C)(C)c3nc(Br)ccc32)n1. The van der Waals surface area contributed by atoms with Gasteiger partial charge in [0, 0.05) is 55.8 Å². The van der Waals surface area contributed by atoms with Crippen LogP contribution in [0.1, 0.15) is 50.2 Å². The monoisotopic (exact) mass is 700 g/mol. The van der Waals surface area contributed by atoms with E-state index in [2.05, 4.69) is 40.1 Å². The summed E-state index contributed by atoms with van der Waals surface area (Å²) in [5.74, 6) is 0.0566. The predicted octanol–water partition coefficient (Wildman–Crippen LogP) is 5.77. The number of nitro benzene ring substituents is 1. The second kappa shape index (κ2) is 12.9. The summed E-state index contributed by atoms with van der Waals surface area (Å²) in [5.41, 5.74) is 1.66. The van der Waals surface area contributed by atoms with Crippen LogP contribution in [-0.2, 0) is 10.2 Å². The number of aromatic nitrogens is 3. The maximum atomic E-state index is 14.6. The fourth-order valence-corrected chi connectivity index (χ4v) is 6.33. The maximum Gasteiger partial charge on any atom is 0.343 e. The van der Waals surface area contributed by atoms with Crippen LogP contribution in [0.15, 0.2) is 35.1 Å². The number of fused-ring (bicyclic) bond motifs is 1. The number of anilines is 5. The van der Waals surface area contributed by atoms with Crippen molar-refractivity contribution in [1.82, 2.24) is 19.9 Å². The molecule has 0 radical (unpaired) electrons. The topological polar surface area (TPSA) is 139 Å². The summed E-state index contributed by atoms with van der Waals surface area (Å²) in [6.07, 6.45) is 0.155. The van der Waals surface area contributed by atoms with Crippen molar-refractivity contribution < 1.29 is 23.6 Å². The molecule has 2 aliphatic heterocycles. The molecule has 15 heteroatoms. The molecular formula is C31H38BrFN8O5. The first-order valence-corrected chi connectivity index (χ1v) is 15.7. The van der Waals surface area contributed by atoms with Gasteiger partial charge in [0.15, 0.2) is 5.82 Å². The van der Waals surface area contributed by atoms with Crippen molar-refractivity contribution in [2.24, 2.45) is 0 Å². The van der Waals surface area contributed by atoms with Crippen molar-refractivity contribution in [1.29, 1.82) is 0 Å². The molecule has 3 aromatic rings. The molecule has 0 spiro atoms. The molecule has 0 amide bonds. The van der Waals surface area contributed by atoms with Crippen LogP contribution in [0.25, 0.3) is 0 Å². The third kappa shape index (κ3) is 6.70. The Balaban J connectivity index is 1.58. The van der Waals surface area contributed by atoms with E-state index in [1.807, 2.05) is 36.0 Å². The molecule has 246 valence electrons. The second-order valence-electron chi connectivity index (χ2n) is 12.7. The largest absolute Gasteiger partial charge is 0.494 e. The summed E-state index contributed by atoms with van der Waals surface area (Å²) >= 11 is 3.46. The van der Waals surface area contributed by atoms with E-state index < -0.39 is 17.1 Å². The molecule has 1 aromatic carbocycles. The van der Waals surface area contributed by atoms with Gasteiger partial charge in [-0.3, -0.25) is 10.1 Å². The number of hydrogen-bond acceptors (Lipinski definition) is 12. The van der Waals surface area contributed by atoms with Gasteiger partial charge in [0.2, 0.25) is 5.95 Å². The Bertz CT molecular complexity index is 1660. The van der Waals surface area contributed by atoms with Crippen molar-refractivity contribution >= 4 is 56.4 Å². The number of carbonyl (C=O) groups is 1. The molecule has 1 N–H and O–H groups in total. The zero-order chi connectivity index (χ0) is 33.5. The van der Waals surface area contributed by atoms with Crippen molar-refractivity contribution in [3.05, 3.63) is 56.4 Å². The number of hydrogen-bond donors (Lipinski definition) is 1. The molecule has 0 unspecified atom stereocenters. The van der Waals surface area contributed by atoms with Crippen LogP contribution in [0.5, 0.6) is 5.75 Å². The van der Waals surface area contributed by atoms with Gasteiger partial charge in [0.05, 0.1) is 35.2 Å². The van der Waals surface area contributed by atoms with Gasteiger partial charge in [-0.05, 0) is 56.0 Å². The van der Waals surface area contributed by atoms with E-state index >= 15 is 0 Å². The minimum Gasteiger partial charge on any atom is -0.494 e. The number of methoxy groups -OCH3 is 1. The van der Waals surface area contributed by atoms with E-state index in [0.29, 0.717) is 23.5 Å². The third-order valence-corrected chi connectivity index (χ3v) is 8.34. The summed E-state index contributed by atoms with van der Waals surface area (Å²) < 4.78 is 26.4. The molecule has 0 aliphatic carbocycles. The Morgan fingerprint density at radius 3 is 2.65 bits per heavy atom. The smallest absolute Gasteiger partial charge is 0.343 e. The summed E-state index contributed by atoms with van der Waals surface area (Å²) in [6, 6.07) is 6.35. The number of rotatable bonds is 10. The van der Waals surface area contributed by atoms with Crippen molar-refractivity contribution in [3.63, 3.8) is 0 Å². The molecule has 1 saturated heterocycles. The van der Waals surface area contributed by atoms with E-state index in [0.717, 1.165) is 11.4 Å². The summed E-state index contributed by atoms with van der Waals surface area (Å²) in [4.78, 5) is 44.5. The van der Waals surface area contributed by atoms with E-state index in [1.165, 1.54) is 19.4 Å². The Morgan fingerprint density at radius 2 is 2.00 bits per heavy atom. The van der Waals surface area contributed by atoms with Gasteiger partial charge in [0.25, 0.3) is 5.69 Å². The predicted molar refractivity (Wildman–Crippen MR) is 177 cm³/mol. The molecule has 4 heterocycles. The summed E-state index contributed by atoms with van der Waals surface area (Å²) in [6.45, 7) is 8.65. The standard InChI is InChI=1S/C31H38BrFN8O5/c1-17(2)46-29(42)20-13-34-30(37-28(20)40-16-31(3,4)27-22(40)8-9-26(32)36-27)35-21-11-24(41(43)44)23(12-25(21)45-7)39-14-18(33)10-19(39)15-38(5)6/h8-9,11-13,17-19H,10,14-16H2,1-7H3,(H,34,35,37)/t18-,19+/m0/s1. The number of benzene rings is 1. The highest BCUT2D eigenvalue weighted by Crippen LogP contribution is 2.45. The lowest BCUT2D eigenvalue weighted by molar-refractivity contribution is -0.384. The number of halogens is 2. The van der Waals surface area contributed by atoms with Gasteiger partial charge < -0.3 is 29.5 Å². The molecule has 2 aliphatic rings. The van der Waals surface area contributed by atoms with Gasteiger partial charge in [-0.25, -0.2) is 19.2 Å². The number of alkyl halides is 1. The molecule has 2 aromatic heterocycles. The first kappa shape index (κ1) is 33.3. The van der Waals surface area contributed by atoms with Gasteiger partial charge >= 0.3 is 5.97 Å². The molecule has 1 fully saturated rings. The number of nitrogens with zero attached hydrogens (tertiary/aromatic N) is 7. The molecule has 5 rings (SSSR count). The zero-order valence-electron chi connectivity index (χ0n) is 26.9. The quantitative estimate of drug-likeness (QED) is 0.119. The molecule has 46 heavy (non-hydrogen) atoms. The fraction of sp³-hybridized carbons (Fsp3) is 0.484. The number of ether oxygens (including phenoxy) is 2. The van der Waals surface area contributed by atoms with Gasteiger partial charge in [-0.1, -0.05) is 13.8 Å². The zero-order valence-corrected chi connectivity index (χ0v) is 28.5. The third-order valence-electron chi connectivity index (χ3n) is 7.90. The van der Waals surface area contributed by atoms with Crippen LogP contribution in [0.2, 0.25) is 0 Å². The van der Waals surface area contributed by atoms with Crippen LogP contribution in [0.4, 0.5) is 38.9 Å². The summed E-state index contributed by atoms with van der Waals surface area (Å²) in [7, 11) is 5.21. The van der Waals surface area contributed by atoms with E-state index in [4.69, 9.17) is 19.4 Å². The lowest BCUT2D eigenvalue weighted by atomic mass is 9.91. The van der Waals surface area contributed by atoms with E-state index in [-0.39, 0.29) is 64.8 Å². The van der Waals surface area contributed by atoms with Crippen molar-refractivity contribution in [2.45, 2.75) is 57.8 Å². The average Bonchev–Trinajstić information content (AvgIpc) is 3.46. The highest BCUT2D eigenvalue weighted by atomic mass is 79.9. The van der Waals surface area contributed by atoms with Crippen LogP contribution in [-0.4, -0.2) is 89.9 Å². The first-order chi connectivity index (χ1) is 21.7. The van der Waals surface area contributed by atoms with Crippen molar-refractivity contribution in [2.75, 3.05) is 56.0 Å². The van der Waals surface area contributed by atoms with E-state index in [9.17, 15) is 19.3 Å². The Labute approximate surface area is 275 Å². The Morgan fingerprint density at radius 1 is 1.26 bits per heavy atom. The number of pyridine rings is 1. The molecule has 13 nitrogen and oxygen atoms in total. The maximum absolute atomic E-state index is 14.6. The number of likely N-dealkylation sites (N-methyl/N-ethyl adjacent to an activating group) is 1.